The topological polar surface area (TPSA) is 87.7 Å². The molecule has 0 aliphatic carbocycles. The molecule has 0 aromatic heterocycles. The summed E-state index contributed by atoms with van der Waals surface area (Å²) in [6, 6.07) is 11.4. The van der Waals surface area contributed by atoms with Crippen LogP contribution in [-0.4, -0.2) is 42.4 Å². The highest BCUT2D eigenvalue weighted by Gasteiger charge is 2.30. The summed E-state index contributed by atoms with van der Waals surface area (Å²) in [5, 5.41) is 0. The van der Waals surface area contributed by atoms with Gasteiger partial charge in [0.1, 0.15) is 13.2 Å². The van der Waals surface area contributed by atoms with Gasteiger partial charge in [0.25, 0.3) is 11.8 Å². The van der Waals surface area contributed by atoms with Crippen LogP contribution in [0.2, 0.25) is 0 Å². The number of hydrazine groups is 1. The smallest absolute Gasteiger partial charge is 0.362 e. The van der Waals surface area contributed by atoms with E-state index >= 15 is 0 Å². The van der Waals surface area contributed by atoms with Crippen LogP contribution in [0.5, 0.6) is 0 Å². The molecule has 3 amide bonds. The number of nitrogens with one attached hydrogen (secondary N) is 2. The summed E-state index contributed by atoms with van der Waals surface area (Å²) in [4.78, 5) is 37.6. The fraction of sp³-hybridized carbons (Fsp3) is 0.286. The van der Waals surface area contributed by atoms with Gasteiger partial charge in [-0.15, -0.1) is 0 Å². The number of halogens is 3. The first kappa shape index (κ1) is 22.3. The van der Waals surface area contributed by atoms with E-state index in [1.54, 1.807) is 4.90 Å². The first-order valence-corrected chi connectivity index (χ1v) is 9.43. The second-order valence-corrected chi connectivity index (χ2v) is 6.90. The van der Waals surface area contributed by atoms with Gasteiger partial charge in [-0.25, -0.2) is 0 Å². The molecule has 1 aliphatic rings. The highest BCUT2D eigenvalue weighted by atomic mass is 19.4. The zero-order chi connectivity index (χ0) is 22.4. The van der Waals surface area contributed by atoms with Gasteiger partial charge in [-0.05, 0) is 41.8 Å². The molecule has 0 spiro atoms. The molecular formula is C21H20F3N3O4. The van der Waals surface area contributed by atoms with Crippen LogP contribution in [0.4, 0.5) is 13.2 Å². The zero-order valence-electron chi connectivity index (χ0n) is 16.4. The molecule has 2 aromatic carbocycles. The van der Waals surface area contributed by atoms with Gasteiger partial charge in [-0.1, -0.05) is 24.3 Å². The number of rotatable bonds is 5. The maximum absolute atomic E-state index is 12.5. The van der Waals surface area contributed by atoms with Crippen molar-refractivity contribution in [1.82, 2.24) is 15.8 Å². The van der Waals surface area contributed by atoms with E-state index in [0.717, 1.165) is 36.2 Å². The number of amides is 3. The molecule has 3 rings (SSSR count). The summed E-state index contributed by atoms with van der Waals surface area (Å²) in [5.74, 6) is -1.75. The second kappa shape index (κ2) is 9.61. The normalized spacial score (nSPS) is 13.3. The van der Waals surface area contributed by atoms with Gasteiger partial charge in [-0.2, -0.15) is 13.2 Å². The van der Waals surface area contributed by atoms with E-state index in [0.29, 0.717) is 13.1 Å². The minimum Gasteiger partial charge on any atom is -0.362 e. The van der Waals surface area contributed by atoms with Crippen molar-refractivity contribution in [3.05, 3.63) is 70.8 Å². The number of benzene rings is 2. The Balaban J connectivity index is 1.37. The summed E-state index contributed by atoms with van der Waals surface area (Å²) in [7, 11) is 0. The fourth-order valence-electron chi connectivity index (χ4n) is 3.08. The summed E-state index contributed by atoms with van der Waals surface area (Å²) in [5.41, 5.74) is 5.49. The number of fused-ring (bicyclic) bond motifs is 1. The van der Waals surface area contributed by atoms with Crippen molar-refractivity contribution in [2.24, 2.45) is 0 Å². The fourth-order valence-corrected chi connectivity index (χ4v) is 3.08. The third kappa shape index (κ3) is 6.05. The Bertz CT molecular complexity index is 961. The average Bonchev–Trinajstić information content (AvgIpc) is 2.76. The average molecular weight is 435 g/mol. The van der Waals surface area contributed by atoms with E-state index < -0.39 is 30.2 Å². The van der Waals surface area contributed by atoms with Gasteiger partial charge in [-0.3, -0.25) is 25.2 Å². The quantitative estimate of drug-likeness (QED) is 0.704. The molecule has 0 bridgehead atoms. The van der Waals surface area contributed by atoms with Gasteiger partial charge in [0.15, 0.2) is 0 Å². The molecule has 0 atom stereocenters. The SMILES string of the molecule is O=C(COCC(=O)N1CCc2ccccc2C1)NNC(=O)c1ccc(C(F)(F)F)cc1. The second-order valence-electron chi connectivity index (χ2n) is 6.90. The third-order valence-electron chi connectivity index (χ3n) is 4.73. The molecule has 0 saturated heterocycles. The van der Waals surface area contributed by atoms with Crippen molar-refractivity contribution in [2.45, 2.75) is 19.1 Å². The third-order valence-corrected chi connectivity index (χ3v) is 4.73. The van der Waals surface area contributed by atoms with Crippen molar-refractivity contribution in [3.8, 4) is 0 Å². The molecule has 7 nitrogen and oxygen atoms in total. The van der Waals surface area contributed by atoms with Crippen molar-refractivity contribution in [2.75, 3.05) is 19.8 Å². The maximum atomic E-state index is 12.5. The van der Waals surface area contributed by atoms with Crippen LogP contribution in [0.15, 0.2) is 48.5 Å². The van der Waals surface area contributed by atoms with Crippen molar-refractivity contribution in [1.29, 1.82) is 0 Å². The molecule has 10 heteroatoms. The molecule has 1 aliphatic heterocycles. The summed E-state index contributed by atoms with van der Waals surface area (Å²) in [6.45, 7) is 0.286. The monoisotopic (exact) mass is 435 g/mol. The van der Waals surface area contributed by atoms with Gasteiger partial charge in [0.05, 0.1) is 5.56 Å². The molecule has 0 radical (unpaired) electrons. The molecule has 2 aromatic rings. The number of hydrogen-bond donors (Lipinski definition) is 2. The highest BCUT2D eigenvalue weighted by molar-refractivity contribution is 5.95. The minimum absolute atomic E-state index is 0.0604. The highest BCUT2D eigenvalue weighted by Crippen LogP contribution is 2.29. The predicted molar refractivity (Wildman–Crippen MR) is 103 cm³/mol. The molecule has 1 heterocycles. The standard InChI is InChI=1S/C21H20F3N3O4/c22-21(23,24)17-7-5-15(6-8-17)20(30)26-25-18(28)12-31-13-19(29)27-10-9-14-3-1-2-4-16(14)11-27/h1-8H,9-13H2,(H,25,28)(H,26,30). The molecule has 31 heavy (non-hydrogen) atoms. The number of carbonyl (C=O) groups excluding carboxylic acids is 3. The van der Waals surface area contributed by atoms with Crippen molar-refractivity contribution >= 4 is 17.7 Å². The molecule has 0 saturated carbocycles. The van der Waals surface area contributed by atoms with Crippen LogP contribution in [0.25, 0.3) is 0 Å². The lowest BCUT2D eigenvalue weighted by molar-refractivity contribution is -0.139. The van der Waals surface area contributed by atoms with Gasteiger partial charge >= 0.3 is 6.18 Å². The van der Waals surface area contributed by atoms with E-state index in [2.05, 4.69) is 10.9 Å². The summed E-state index contributed by atoms with van der Waals surface area (Å²) >= 11 is 0. The first-order chi connectivity index (χ1) is 14.7. The lowest BCUT2D eigenvalue weighted by Gasteiger charge is -2.28. The van der Waals surface area contributed by atoms with Gasteiger partial charge in [0.2, 0.25) is 5.91 Å². The number of nitrogens with zero attached hydrogens (tertiary/aromatic N) is 1. The van der Waals surface area contributed by atoms with Crippen LogP contribution < -0.4 is 10.9 Å². The summed E-state index contributed by atoms with van der Waals surface area (Å²) in [6.07, 6.45) is -3.76. The Kier molecular flexibility index (Phi) is 6.91. The molecule has 0 fully saturated rings. The van der Waals surface area contributed by atoms with Crippen LogP contribution >= 0.6 is 0 Å². The molecular weight excluding hydrogens is 415 g/mol. The number of carbonyl (C=O) groups is 3. The van der Waals surface area contributed by atoms with Gasteiger partial charge < -0.3 is 9.64 Å². The maximum Gasteiger partial charge on any atom is 0.416 e. The van der Waals surface area contributed by atoms with Crippen molar-refractivity contribution in [3.63, 3.8) is 0 Å². The predicted octanol–water partition coefficient (Wildman–Crippen LogP) is 2.07. The van der Waals surface area contributed by atoms with E-state index in [9.17, 15) is 27.6 Å². The number of hydrogen-bond acceptors (Lipinski definition) is 4. The minimum atomic E-state index is -4.50. The van der Waals surface area contributed by atoms with Gasteiger partial charge in [0, 0.05) is 18.7 Å². The largest absolute Gasteiger partial charge is 0.416 e. The first-order valence-electron chi connectivity index (χ1n) is 9.43. The Morgan fingerprint density at radius 2 is 1.61 bits per heavy atom. The van der Waals surface area contributed by atoms with Crippen molar-refractivity contribution < 1.29 is 32.3 Å². The van der Waals surface area contributed by atoms with E-state index in [4.69, 9.17) is 4.74 Å². The Labute approximate surface area is 176 Å². The molecule has 164 valence electrons. The Morgan fingerprint density at radius 1 is 0.935 bits per heavy atom. The Morgan fingerprint density at radius 3 is 2.29 bits per heavy atom. The Hall–Kier alpha value is -3.40. The molecule has 2 N–H and O–H groups in total. The van der Waals surface area contributed by atoms with Crippen LogP contribution in [0, 0.1) is 0 Å². The molecule has 0 unspecified atom stereocenters. The van der Waals surface area contributed by atoms with Crippen LogP contribution in [0.3, 0.4) is 0 Å². The van der Waals surface area contributed by atoms with E-state index in [1.807, 2.05) is 24.3 Å². The lowest BCUT2D eigenvalue weighted by Crippen LogP contribution is -2.44. The lowest BCUT2D eigenvalue weighted by atomic mass is 10.00. The van der Waals surface area contributed by atoms with Crippen LogP contribution in [-0.2, 0) is 33.5 Å². The van der Waals surface area contributed by atoms with E-state index in [1.165, 1.54) is 5.56 Å². The zero-order valence-corrected chi connectivity index (χ0v) is 16.4. The van der Waals surface area contributed by atoms with Crippen LogP contribution in [0.1, 0.15) is 27.0 Å². The summed E-state index contributed by atoms with van der Waals surface area (Å²) < 4.78 is 42.7. The van der Waals surface area contributed by atoms with E-state index in [-0.39, 0.29) is 18.1 Å². The number of ether oxygens (including phenoxy) is 1. The number of alkyl halides is 3.